The molecule has 1 saturated heterocycles. The van der Waals surface area contributed by atoms with Gasteiger partial charge in [-0.05, 0) is 18.9 Å². The van der Waals surface area contributed by atoms with Crippen LogP contribution in [0.4, 0.5) is 0 Å². The van der Waals surface area contributed by atoms with Crippen molar-refractivity contribution in [3.8, 4) is 0 Å². The van der Waals surface area contributed by atoms with Gasteiger partial charge in [-0.3, -0.25) is 43.2 Å². The minimum Gasteiger partial charge on any atom is -0.610 e. The summed E-state index contributed by atoms with van der Waals surface area (Å²) in [7, 11) is 0. The highest BCUT2D eigenvalue weighted by molar-refractivity contribution is 7.99. The van der Waals surface area contributed by atoms with Crippen LogP contribution in [0.2, 0.25) is 0 Å². The maximum absolute atomic E-state index is 14.1. The van der Waals surface area contributed by atoms with Crippen LogP contribution in [0.25, 0.3) is 0 Å². The van der Waals surface area contributed by atoms with Crippen LogP contribution in [-0.4, -0.2) is 170 Å². The Bertz CT molecular complexity index is 1730. The molecule has 16 N–H and O–H groups in total. The molecule has 0 saturated carbocycles. The van der Waals surface area contributed by atoms with Crippen LogP contribution < -0.4 is 54.4 Å². The molecule has 0 aromatic heterocycles. The third-order valence-corrected chi connectivity index (χ3v) is 12.4. The van der Waals surface area contributed by atoms with Gasteiger partial charge in [-0.15, -0.1) is 0 Å². The molecule has 24 nitrogen and oxygen atoms in total. The fraction of sp³-hybridized carbons (Fsp3) is 0.667. The topological polar surface area (TPSA) is 403 Å². The maximum atomic E-state index is 14.1. The van der Waals surface area contributed by atoms with E-state index in [1.165, 1.54) is 13.8 Å². The van der Waals surface area contributed by atoms with Crippen molar-refractivity contribution < 1.29 is 63.0 Å². The third-order valence-electron chi connectivity index (χ3n) is 10.2. The molecule has 10 atom stereocenters. The molecule has 0 aromatic carbocycles. The Hall–Kier alpha value is -4.99. The number of thioether (sulfide) groups is 1. The van der Waals surface area contributed by atoms with Gasteiger partial charge in [-0.25, -0.2) is 0 Å². The molecule has 1 heterocycles. The number of hydrogen-bond acceptors (Lipinski definition) is 16. The lowest BCUT2D eigenvalue weighted by Crippen LogP contribution is -2.60. The van der Waals surface area contributed by atoms with Crippen LogP contribution in [0.1, 0.15) is 60.3 Å². The lowest BCUT2D eigenvalue weighted by molar-refractivity contribution is -0.143. The highest BCUT2D eigenvalue weighted by atomic mass is 32.2. The zero-order chi connectivity index (χ0) is 49.6. The summed E-state index contributed by atoms with van der Waals surface area (Å²) in [6.07, 6.45) is -1.28. The van der Waals surface area contributed by atoms with Crippen LogP contribution in [0, 0.1) is 11.8 Å². The number of hydrogen-bond donors (Lipinski definition) is 13. The number of nitrogens with two attached hydrogens (primary N) is 3. The van der Waals surface area contributed by atoms with E-state index in [1.54, 1.807) is 25.6 Å². The molecule has 26 heteroatoms. The normalized spacial score (nSPS) is 18.6. The maximum Gasteiger partial charge on any atom is 0.248 e. The molecule has 9 amide bonds. The van der Waals surface area contributed by atoms with Crippen molar-refractivity contribution in [2.24, 2.45) is 29.0 Å². The average molecular weight is 962 g/mol. The van der Waals surface area contributed by atoms with Crippen molar-refractivity contribution in [3.63, 3.8) is 0 Å². The predicted octanol–water partition coefficient (Wildman–Crippen LogP) is -5.67. The Kier molecular flexibility index (Phi) is 26.4. The van der Waals surface area contributed by atoms with E-state index in [0.29, 0.717) is 36.6 Å². The van der Waals surface area contributed by atoms with Crippen molar-refractivity contribution in [1.29, 1.82) is 0 Å². The molecule has 0 bridgehead atoms. The first-order valence-electron chi connectivity index (χ1n) is 20.9. The van der Waals surface area contributed by atoms with Gasteiger partial charge in [-0.2, -0.15) is 11.8 Å². The van der Waals surface area contributed by atoms with Gasteiger partial charge in [0.25, 0.3) is 0 Å². The first-order valence-corrected chi connectivity index (χ1v) is 23.4. The van der Waals surface area contributed by atoms with Gasteiger partial charge in [0, 0.05) is 60.7 Å². The second kappa shape index (κ2) is 29.5. The lowest BCUT2D eigenvalue weighted by atomic mass is 9.95. The molecule has 0 radical (unpaired) electrons. The number of nitrogens with zero attached hydrogens (tertiary/aromatic N) is 1. The van der Waals surface area contributed by atoms with E-state index in [1.807, 2.05) is 13.0 Å². The summed E-state index contributed by atoms with van der Waals surface area (Å²) in [4.78, 5) is 117. The summed E-state index contributed by atoms with van der Waals surface area (Å²) in [6, 6.07) is -7.77. The van der Waals surface area contributed by atoms with Gasteiger partial charge >= 0.3 is 0 Å². The summed E-state index contributed by atoms with van der Waals surface area (Å²) in [5.41, 5.74) is 17.1. The van der Waals surface area contributed by atoms with E-state index in [2.05, 4.69) is 43.8 Å². The van der Waals surface area contributed by atoms with E-state index in [-0.39, 0.29) is 11.4 Å². The van der Waals surface area contributed by atoms with Crippen molar-refractivity contribution in [2.75, 3.05) is 50.0 Å². The Morgan fingerprint density at radius 3 is 2.12 bits per heavy atom. The minimum atomic E-state index is -2.13. The number of likely N-dealkylation sites (tertiary alicyclic amines) is 1. The summed E-state index contributed by atoms with van der Waals surface area (Å²) in [5, 5.41) is 47.1. The summed E-state index contributed by atoms with van der Waals surface area (Å²) < 4.78 is 13.7. The zero-order valence-corrected chi connectivity index (χ0v) is 39.0. The molecule has 0 aromatic rings. The van der Waals surface area contributed by atoms with Gasteiger partial charge < -0.3 is 79.2 Å². The zero-order valence-electron chi connectivity index (χ0n) is 37.4. The summed E-state index contributed by atoms with van der Waals surface area (Å²) >= 11 is -0.582. The SMILES string of the molecule is C=C(N/C(=C\CSCCN)CC)[S+]([O-])C[C@H](NC(=O)CNC(=O)[C@H](NC(=O)CNC(C)=O)[C@@H](C)CC)C(=O)N[C@@H](CC(N)=O)C(=O)N1C[C@H](O)C[C@@H]1C(=O)N[C@H](C(N)=O)[C@@H](C)[C@@H](O)CO. The first kappa shape index (κ1) is 58.0. The molecular weight excluding hydrogens is 895 g/mol. The van der Waals surface area contributed by atoms with Crippen LogP contribution in [0.15, 0.2) is 23.4 Å². The van der Waals surface area contributed by atoms with Crippen molar-refractivity contribution >= 4 is 76.1 Å². The van der Waals surface area contributed by atoms with Crippen molar-refractivity contribution in [3.05, 3.63) is 23.4 Å². The molecule has 1 aliphatic rings. The second-order valence-electron chi connectivity index (χ2n) is 15.3. The monoisotopic (exact) mass is 961 g/mol. The first-order chi connectivity index (χ1) is 30.5. The molecule has 368 valence electrons. The van der Waals surface area contributed by atoms with Crippen LogP contribution >= 0.6 is 11.8 Å². The van der Waals surface area contributed by atoms with Gasteiger partial charge in [-0.1, -0.05) is 40.2 Å². The Morgan fingerprint density at radius 2 is 1.57 bits per heavy atom. The molecule has 65 heavy (non-hydrogen) atoms. The van der Waals surface area contributed by atoms with E-state index in [4.69, 9.17) is 17.2 Å². The van der Waals surface area contributed by atoms with Crippen LogP contribution in [-0.2, 0) is 54.3 Å². The molecule has 1 aliphatic heterocycles. The molecule has 1 fully saturated rings. The fourth-order valence-corrected chi connectivity index (χ4v) is 7.85. The molecule has 1 unspecified atom stereocenters. The largest absolute Gasteiger partial charge is 0.610 e. The number of nitrogens with one attached hydrogen (secondary N) is 7. The molecule has 0 aliphatic carbocycles. The third kappa shape index (κ3) is 20.4. The van der Waals surface area contributed by atoms with E-state index >= 15 is 0 Å². The Morgan fingerprint density at radius 1 is 0.938 bits per heavy atom. The summed E-state index contributed by atoms with van der Waals surface area (Å²) in [6.45, 7) is 9.63. The number of rotatable bonds is 30. The van der Waals surface area contributed by atoms with Gasteiger partial charge in [0.1, 0.15) is 29.9 Å². The number of carbonyl (C=O) groups is 9. The number of β-amino-alcohol motifs (C(OH)–C–C–N with tert-alkyl or cyclic N) is 1. The fourth-order valence-electron chi connectivity index (χ4n) is 6.21. The van der Waals surface area contributed by atoms with Crippen molar-refractivity contribution in [2.45, 2.75) is 103 Å². The Balaban J connectivity index is 3.47. The van der Waals surface area contributed by atoms with Gasteiger partial charge in [0.05, 0.1) is 38.3 Å². The molecule has 0 spiro atoms. The number of carbonyl (C=O) groups excluding carboxylic acids is 9. The van der Waals surface area contributed by atoms with Crippen LogP contribution in [0.5, 0.6) is 0 Å². The number of aliphatic hydroxyl groups excluding tert-OH is 3. The number of amides is 9. The molecular formula is C39H67N11O13S2. The second-order valence-corrected chi connectivity index (χ2v) is 18.0. The van der Waals surface area contributed by atoms with E-state index in [0.717, 1.165) is 4.90 Å². The smallest absolute Gasteiger partial charge is 0.248 e. The highest BCUT2D eigenvalue weighted by Gasteiger charge is 2.44. The quantitative estimate of drug-likeness (QED) is 0.0236. The van der Waals surface area contributed by atoms with E-state index in [9.17, 15) is 63.0 Å². The Labute approximate surface area is 385 Å². The predicted molar refractivity (Wildman–Crippen MR) is 240 cm³/mol. The van der Waals surface area contributed by atoms with Gasteiger partial charge in [0.15, 0.2) is 6.04 Å². The molecule has 1 rings (SSSR count). The van der Waals surface area contributed by atoms with E-state index < -0.39 is 157 Å². The number of aliphatic hydroxyl groups is 3. The number of primary amides is 2. The standard InChI is InChI=1S/C39H67N11O13S2/c1-7-20(3)33(48-32(57)15-43-22(5)52)38(61)44-16-31(56)46-27(19-65(63)23(6)45-24(8-2)9-11-64-12-10-40)36(59)47-26(14-30(41)55)39(62)50-17-25(53)13-28(50)37(60)49-34(35(42)58)21(4)29(54)18-51/h9,20-21,25-29,33-34,45,51,53-54H,6-8,10-19,40H2,1-5H3,(H2,41,55)(H2,42,58)(H,43,52)(H,44,61)(H,46,56)(H,47,59)(H,48,57)(H,49,60)/b24-9-/t20-,21-,25+,26-,27-,28+,29-,33+,34-,65?/m0/s1. The number of allylic oxidation sites excluding steroid dienone is 1. The average Bonchev–Trinajstić information content (AvgIpc) is 3.66. The lowest BCUT2D eigenvalue weighted by Gasteiger charge is -2.31. The van der Waals surface area contributed by atoms with Gasteiger partial charge in [0.2, 0.25) is 58.2 Å². The highest BCUT2D eigenvalue weighted by Crippen LogP contribution is 2.22. The van der Waals surface area contributed by atoms with Crippen LogP contribution in [0.3, 0.4) is 0 Å². The summed E-state index contributed by atoms with van der Waals surface area (Å²) in [5.74, 6) is -9.31. The minimum absolute atomic E-state index is 0.0616. The van der Waals surface area contributed by atoms with Crippen molar-refractivity contribution in [1.82, 2.24) is 42.1 Å².